The maximum atomic E-state index is 4.02. The number of aryl methyl sites for hydroxylation is 2. The molecule has 140 valence electrons. The maximum absolute atomic E-state index is 4.02. The summed E-state index contributed by atoms with van der Waals surface area (Å²) in [5.74, 6) is 1.11. The van der Waals surface area contributed by atoms with Crippen molar-refractivity contribution in [3.8, 4) is 11.1 Å². The first kappa shape index (κ1) is 17.8. The number of fused-ring (bicyclic) bond motifs is 6. The van der Waals surface area contributed by atoms with Gasteiger partial charge in [-0.05, 0) is 89.6 Å². The highest BCUT2D eigenvalue weighted by Crippen LogP contribution is 2.38. The van der Waals surface area contributed by atoms with Crippen LogP contribution in [0.1, 0.15) is 35.1 Å². The number of hydrogen-bond acceptors (Lipinski definition) is 2. The highest BCUT2D eigenvalue weighted by atomic mass is 32.2. The lowest BCUT2D eigenvalue weighted by atomic mass is 9.78. The maximum Gasteiger partial charge on any atom is 0.0279 e. The number of benzene rings is 2. The highest BCUT2D eigenvalue weighted by molar-refractivity contribution is 8.03. The van der Waals surface area contributed by atoms with Crippen LogP contribution in [0.15, 0.2) is 76.3 Å². The van der Waals surface area contributed by atoms with Crippen molar-refractivity contribution in [2.24, 2.45) is 4.99 Å². The SMILES string of the molecule is C1=CC2=CCSC2=CC=N1.c1ccc2c(c1)CCc1c-2ccc2c1CCCC2. The van der Waals surface area contributed by atoms with Crippen LogP contribution in [0.5, 0.6) is 0 Å². The monoisotopic (exact) mass is 383 g/mol. The summed E-state index contributed by atoms with van der Waals surface area (Å²) in [5, 5.41) is 0. The predicted octanol–water partition coefficient (Wildman–Crippen LogP) is 6.47. The number of thioether (sulfide) groups is 1. The molecule has 2 aromatic rings. The Morgan fingerprint density at radius 3 is 2.71 bits per heavy atom. The molecule has 0 spiro atoms. The van der Waals surface area contributed by atoms with Gasteiger partial charge in [0.2, 0.25) is 0 Å². The summed E-state index contributed by atoms with van der Waals surface area (Å²) >= 11 is 1.87. The molecule has 2 aliphatic heterocycles. The van der Waals surface area contributed by atoms with Crippen LogP contribution < -0.4 is 0 Å². The smallest absolute Gasteiger partial charge is 0.0279 e. The summed E-state index contributed by atoms with van der Waals surface area (Å²) in [5.41, 5.74) is 10.8. The van der Waals surface area contributed by atoms with Crippen molar-refractivity contribution in [3.63, 3.8) is 0 Å². The molecule has 2 aromatic carbocycles. The van der Waals surface area contributed by atoms with Gasteiger partial charge in [-0.25, -0.2) is 0 Å². The zero-order chi connectivity index (χ0) is 18.8. The number of rotatable bonds is 0. The minimum Gasteiger partial charge on any atom is -0.265 e. The molecule has 0 bridgehead atoms. The van der Waals surface area contributed by atoms with Crippen LogP contribution in [0.4, 0.5) is 0 Å². The van der Waals surface area contributed by atoms with Crippen LogP contribution >= 0.6 is 11.8 Å². The Kier molecular flexibility index (Phi) is 5.05. The van der Waals surface area contributed by atoms with E-state index in [9.17, 15) is 0 Å². The summed E-state index contributed by atoms with van der Waals surface area (Å²) in [6, 6.07) is 13.7. The summed E-state index contributed by atoms with van der Waals surface area (Å²) in [4.78, 5) is 5.36. The van der Waals surface area contributed by atoms with Crippen LogP contribution in [0.25, 0.3) is 11.1 Å². The van der Waals surface area contributed by atoms with Crippen molar-refractivity contribution in [1.29, 1.82) is 0 Å². The van der Waals surface area contributed by atoms with E-state index in [2.05, 4.69) is 59.6 Å². The molecular formula is C26H25NS. The van der Waals surface area contributed by atoms with E-state index in [1.54, 1.807) is 16.7 Å². The first-order chi connectivity index (χ1) is 13.9. The topological polar surface area (TPSA) is 12.4 Å². The third-order valence-electron chi connectivity index (χ3n) is 6.08. The van der Waals surface area contributed by atoms with Crippen LogP contribution in [0.3, 0.4) is 0 Å². The molecule has 0 saturated heterocycles. The van der Waals surface area contributed by atoms with Crippen molar-refractivity contribution in [3.05, 3.63) is 93.6 Å². The molecule has 2 heteroatoms. The predicted molar refractivity (Wildman–Crippen MR) is 122 cm³/mol. The summed E-state index contributed by atoms with van der Waals surface area (Å²) in [6.07, 6.45) is 17.8. The molecule has 0 unspecified atom stereocenters. The molecule has 0 radical (unpaired) electrons. The van der Waals surface area contributed by atoms with Crippen molar-refractivity contribution in [2.45, 2.75) is 38.5 Å². The van der Waals surface area contributed by atoms with E-state index in [1.165, 1.54) is 65.7 Å². The van der Waals surface area contributed by atoms with Gasteiger partial charge in [0, 0.05) is 23.1 Å². The van der Waals surface area contributed by atoms with Crippen molar-refractivity contribution in [2.75, 3.05) is 5.75 Å². The molecule has 2 heterocycles. The normalized spacial score (nSPS) is 18.4. The van der Waals surface area contributed by atoms with Gasteiger partial charge in [-0.3, -0.25) is 4.99 Å². The lowest BCUT2D eigenvalue weighted by molar-refractivity contribution is 0.676. The largest absolute Gasteiger partial charge is 0.265 e. The van der Waals surface area contributed by atoms with Gasteiger partial charge in [-0.15, -0.1) is 11.8 Å². The molecule has 4 aliphatic rings. The van der Waals surface area contributed by atoms with Crippen LogP contribution in [-0.2, 0) is 25.7 Å². The van der Waals surface area contributed by atoms with Gasteiger partial charge in [0.25, 0.3) is 0 Å². The van der Waals surface area contributed by atoms with E-state index >= 15 is 0 Å². The van der Waals surface area contributed by atoms with Crippen molar-refractivity contribution < 1.29 is 0 Å². The quantitative estimate of drug-likeness (QED) is 0.508. The zero-order valence-corrected chi connectivity index (χ0v) is 17.0. The Labute approximate surface area is 172 Å². The second-order valence-electron chi connectivity index (χ2n) is 7.71. The number of nitrogens with zero attached hydrogens (tertiary/aromatic N) is 1. The molecule has 0 amide bonds. The summed E-state index contributed by atoms with van der Waals surface area (Å²) in [7, 11) is 0. The summed E-state index contributed by atoms with van der Waals surface area (Å²) < 4.78 is 0. The van der Waals surface area contributed by atoms with E-state index in [-0.39, 0.29) is 0 Å². The lowest BCUT2D eigenvalue weighted by Gasteiger charge is -2.26. The fourth-order valence-corrected chi connectivity index (χ4v) is 5.60. The minimum atomic E-state index is 1.11. The zero-order valence-electron chi connectivity index (χ0n) is 16.2. The van der Waals surface area contributed by atoms with E-state index in [0.29, 0.717) is 0 Å². The molecular weight excluding hydrogens is 358 g/mol. The number of hydrogen-bond donors (Lipinski definition) is 0. The van der Waals surface area contributed by atoms with Crippen LogP contribution in [-0.4, -0.2) is 12.0 Å². The Morgan fingerprint density at radius 2 is 1.71 bits per heavy atom. The molecule has 0 aromatic heterocycles. The number of allylic oxidation sites excluding steroid dienone is 3. The lowest BCUT2D eigenvalue weighted by Crippen LogP contribution is -2.12. The van der Waals surface area contributed by atoms with Crippen molar-refractivity contribution in [1.82, 2.24) is 0 Å². The first-order valence-electron chi connectivity index (χ1n) is 10.4. The fraction of sp³-hybridized carbons (Fsp3) is 0.269. The Balaban J connectivity index is 0.000000145. The fourth-order valence-electron chi connectivity index (χ4n) is 4.69. The van der Waals surface area contributed by atoms with E-state index in [0.717, 1.165) is 5.75 Å². The second kappa shape index (κ2) is 7.97. The molecule has 0 fully saturated rings. The molecule has 0 atom stereocenters. The minimum absolute atomic E-state index is 1.11. The Hall–Kier alpha value is -2.32. The molecule has 6 rings (SSSR count). The molecule has 0 saturated carbocycles. The van der Waals surface area contributed by atoms with Crippen LogP contribution in [0, 0.1) is 0 Å². The van der Waals surface area contributed by atoms with E-state index in [1.807, 2.05) is 24.2 Å². The van der Waals surface area contributed by atoms with Gasteiger partial charge < -0.3 is 0 Å². The number of aliphatic imine (C=N–C) groups is 1. The van der Waals surface area contributed by atoms with E-state index in [4.69, 9.17) is 0 Å². The molecule has 28 heavy (non-hydrogen) atoms. The Bertz CT molecular complexity index is 1020. The van der Waals surface area contributed by atoms with Crippen LogP contribution in [0.2, 0.25) is 0 Å². The first-order valence-corrected chi connectivity index (χ1v) is 11.3. The third-order valence-corrected chi connectivity index (χ3v) is 7.10. The second-order valence-corrected chi connectivity index (χ2v) is 8.77. The highest BCUT2D eigenvalue weighted by Gasteiger charge is 2.21. The average molecular weight is 384 g/mol. The summed E-state index contributed by atoms with van der Waals surface area (Å²) in [6.45, 7) is 0. The van der Waals surface area contributed by atoms with Crippen molar-refractivity contribution >= 4 is 18.0 Å². The van der Waals surface area contributed by atoms with Gasteiger partial charge in [0.05, 0.1) is 0 Å². The van der Waals surface area contributed by atoms with Gasteiger partial charge in [0.15, 0.2) is 0 Å². The Morgan fingerprint density at radius 1 is 0.786 bits per heavy atom. The van der Waals surface area contributed by atoms with E-state index < -0.39 is 0 Å². The van der Waals surface area contributed by atoms with Gasteiger partial charge in [-0.2, -0.15) is 0 Å². The molecule has 1 nitrogen and oxygen atoms in total. The molecule has 0 N–H and O–H groups in total. The van der Waals surface area contributed by atoms with Gasteiger partial charge >= 0.3 is 0 Å². The standard InChI is InChI=1S/C18H18.C8H7NS/c1-3-7-15-13(5-1)9-11-18-16-8-4-2-6-14(16)10-12-17(15)18;1-4-9-5-2-8-7(1)3-6-10-8/h1,3,5,7,10,12H,2,4,6,8-9,11H2;1-5H,6H2. The molecule has 2 aliphatic carbocycles. The van der Waals surface area contributed by atoms with Gasteiger partial charge in [0.1, 0.15) is 0 Å². The average Bonchev–Trinajstić information content (AvgIpc) is 3.09. The third kappa shape index (κ3) is 3.42. The van der Waals surface area contributed by atoms with Gasteiger partial charge in [-0.1, -0.05) is 42.5 Å².